The van der Waals surface area contributed by atoms with Crippen LogP contribution in [-0.2, 0) is 9.59 Å². The molecule has 192 valence electrons. The Morgan fingerprint density at radius 1 is 0.919 bits per heavy atom. The summed E-state index contributed by atoms with van der Waals surface area (Å²) >= 11 is 12.1. The van der Waals surface area contributed by atoms with Gasteiger partial charge in [-0.05, 0) is 48.0 Å². The number of piperazine rings is 1. The van der Waals surface area contributed by atoms with Crippen molar-refractivity contribution in [1.82, 2.24) is 10.2 Å². The molecule has 0 aromatic heterocycles. The molecule has 2 N–H and O–H groups in total. The van der Waals surface area contributed by atoms with Gasteiger partial charge in [-0.15, -0.1) is 0 Å². The number of amides is 2. The molecule has 0 radical (unpaired) electrons. The lowest BCUT2D eigenvalue weighted by molar-refractivity contribution is -0.131. The maximum atomic E-state index is 13.3. The molecule has 1 aliphatic rings. The molecule has 0 atom stereocenters. The molecule has 0 spiro atoms. The van der Waals surface area contributed by atoms with Crippen molar-refractivity contribution in [2.75, 3.05) is 36.4 Å². The van der Waals surface area contributed by atoms with E-state index in [2.05, 4.69) is 15.5 Å². The summed E-state index contributed by atoms with van der Waals surface area (Å²) in [5.74, 6) is -0.491. The standard InChI is InChI=1S/C29H31ClN4O2S/c1-2-9-26(35)34-18-16-33(17-19-34)25-15-14-23(20-24(25)30)31-29(37)32-28(36)27(21-10-5-3-6-11-21)22-12-7-4-8-13-22/h3-8,10-15,20,27H,2,9,16-19H2,1H3,(H2,31,32,36,37). The van der Waals surface area contributed by atoms with Crippen molar-refractivity contribution in [3.8, 4) is 0 Å². The van der Waals surface area contributed by atoms with Crippen molar-refractivity contribution in [1.29, 1.82) is 0 Å². The number of nitrogens with zero attached hydrogens (tertiary/aromatic N) is 2. The van der Waals surface area contributed by atoms with E-state index in [9.17, 15) is 9.59 Å². The minimum absolute atomic E-state index is 0.203. The van der Waals surface area contributed by atoms with Crippen LogP contribution in [0.25, 0.3) is 0 Å². The Bertz CT molecular complexity index is 1190. The highest BCUT2D eigenvalue weighted by Gasteiger charge is 2.24. The summed E-state index contributed by atoms with van der Waals surface area (Å²) in [6.45, 7) is 4.86. The number of rotatable bonds is 7. The fraction of sp³-hybridized carbons (Fsp3) is 0.276. The van der Waals surface area contributed by atoms with Crippen LogP contribution in [0.4, 0.5) is 11.4 Å². The van der Waals surface area contributed by atoms with E-state index < -0.39 is 5.92 Å². The van der Waals surface area contributed by atoms with Crippen molar-refractivity contribution < 1.29 is 9.59 Å². The van der Waals surface area contributed by atoms with Gasteiger partial charge in [0, 0.05) is 38.3 Å². The van der Waals surface area contributed by atoms with Crippen molar-refractivity contribution in [2.24, 2.45) is 0 Å². The van der Waals surface area contributed by atoms with Gasteiger partial charge in [0.1, 0.15) is 0 Å². The Kier molecular flexibility index (Phi) is 9.14. The zero-order valence-corrected chi connectivity index (χ0v) is 22.4. The van der Waals surface area contributed by atoms with Crippen LogP contribution in [0.15, 0.2) is 78.9 Å². The van der Waals surface area contributed by atoms with Gasteiger partial charge < -0.3 is 20.4 Å². The second kappa shape index (κ2) is 12.7. The highest BCUT2D eigenvalue weighted by atomic mass is 35.5. The summed E-state index contributed by atoms with van der Waals surface area (Å²) in [5.41, 5.74) is 3.38. The minimum atomic E-state index is -0.490. The lowest BCUT2D eigenvalue weighted by Crippen LogP contribution is -2.48. The summed E-state index contributed by atoms with van der Waals surface area (Å²) in [6.07, 6.45) is 1.45. The van der Waals surface area contributed by atoms with Crippen LogP contribution < -0.4 is 15.5 Å². The van der Waals surface area contributed by atoms with Crippen LogP contribution in [0.2, 0.25) is 5.02 Å². The van der Waals surface area contributed by atoms with E-state index in [1.165, 1.54) is 0 Å². The van der Waals surface area contributed by atoms with E-state index in [0.717, 1.165) is 36.3 Å². The number of carbonyl (C=O) groups is 2. The van der Waals surface area contributed by atoms with Gasteiger partial charge in [-0.2, -0.15) is 0 Å². The summed E-state index contributed by atoms with van der Waals surface area (Å²) in [4.78, 5) is 29.6. The Labute approximate surface area is 228 Å². The van der Waals surface area contributed by atoms with Gasteiger partial charge in [-0.1, -0.05) is 79.2 Å². The summed E-state index contributed by atoms with van der Waals surface area (Å²) < 4.78 is 0. The van der Waals surface area contributed by atoms with Crippen molar-refractivity contribution >= 4 is 52.1 Å². The normalized spacial score (nSPS) is 13.4. The van der Waals surface area contributed by atoms with E-state index in [1.54, 1.807) is 6.07 Å². The molecule has 1 fully saturated rings. The first kappa shape index (κ1) is 26.6. The molecule has 0 bridgehead atoms. The summed E-state index contributed by atoms with van der Waals surface area (Å²) in [5, 5.41) is 6.71. The van der Waals surface area contributed by atoms with E-state index >= 15 is 0 Å². The highest BCUT2D eigenvalue weighted by Crippen LogP contribution is 2.30. The van der Waals surface area contributed by atoms with Gasteiger partial charge in [-0.3, -0.25) is 9.59 Å². The molecule has 3 aromatic carbocycles. The van der Waals surface area contributed by atoms with E-state index in [1.807, 2.05) is 84.6 Å². The topological polar surface area (TPSA) is 64.7 Å². The smallest absolute Gasteiger partial charge is 0.238 e. The molecular formula is C29H31ClN4O2S. The molecule has 37 heavy (non-hydrogen) atoms. The maximum Gasteiger partial charge on any atom is 0.238 e. The van der Waals surface area contributed by atoms with Crippen LogP contribution in [0, 0.1) is 0 Å². The molecule has 1 saturated heterocycles. The lowest BCUT2D eigenvalue weighted by atomic mass is 9.90. The molecule has 3 aromatic rings. The lowest BCUT2D eigenvalue weighted by Gasteiger charge is -2.36. The molecule has 1 aliphatic heterocycles. The van der Waals surface area contributed by atoms with Crippen LogP contribution in [0.1, 0.15) is 36.8 Å². The number of hydrogen-bond donors (Lipinski definition) is 2. The Morgan fingerprint density at radius 2 is 1.51 bits per heavy atom. The van der Waals surface area contributed by atoms with E-state index in [-0.39, 0.29) is 16.9 Å². The van der Waals surface area contributed by atoms with Gasteiger partial charge in [0.2, 0.25) is 11.8 Å². The highest BCUT2D eigenvalue weighted by molar-refractivity contribution is 7.80. The van der Waals surface area contributed by atoms with Gasteiger partial charge in [0.15, 0.2) is 5.11 Å². The van der Waals surface area contributed by atoms with Crippen molar-refractivity contribution in [3.05, 3.63) is 95.0 Å². The second-order valence-electron chi connectivity index (χ2n) is 8.98. The first-order chi connectivity index (χ1) is 18.0. The van der Waals surface area contributed by atoms with Gasteiger partial charge in [0.25, 0.3) is 0 Å². The number of nitrogens with one attached hydrogen (secondary N) is 2. The van der Waals surface area contributed by atoms with Gasteiger partial charge in [0.05, 0.1) is 16.6 Å². The maximum absolute atomic E-state index is 13.3. The second-order valence-corrected chi connectivity index (χ2v) is 9.80. The van der Waals surface area contributed by atoms with E-state index in [4.69, 9.17) is 23.8 Å². The van der Waals surface area contributed by atoms with Crippen LogP contribution in [-0.4, -0.2) is 48.0 Å². The zero-order chi connectivity index (χ0) is 26.2. The molecule has 0 aliphatic carbocycles. The van der Waals surface area contributed by atoms with E-state index in [0.29, 0.717) is 30.2 Å². The average molecular weight is 535 g/mol. The number of carbonyl (C=O) groups excluding carboxylic acids is 2. The Morgan fingerprint density at radius 3 is 2.05 bits per heavy atom. The number of halogens is 1. The minimum Gasteiger partial charge on any atom is -0.367 e. The molecule has 0 saturated carbocycles. The molecule has 0 unspecified atom stereocenters. The predicted molar refractivity (Wildman–Crippen MR) is 154 cm³/mol. The number of anilines is 2. The van der Waals surface area contributed by atoms with Crippen LogP contribution in [0.5, 0.6) is 0 Å². The molecule has 6 nitrogen and oxygen atoms in total. The van der Waals surface area contributed by atoms with Gasteiger partial charge in [-0.25, -0.2) is 0 Å². The number of benzene rings is 3. The molecule has 1 heterocycles. The Hall–Kier alpha value is -3.42. The van der Waals surface area contributed by atoms with Gasteiger partial charge >= 0.3 is 0 Å². The van der Waals surface area contributed by atoms with Crippen molar-refractivity contribution in [3.63, 3.8) is 0 Å². The molecule has 8 heteroatoms. The van der Waals surface area contributed by atoms with Crippen molar-refractivity contribution in [2.45, 2.75) is 25.7 Å². The monoisotopic (exact) mass is 534 g/mol. The average Bonchev–Trinajstić information content (AvgIpc) is 2.90. The molecule has 2 amide bonds. The third-order valence-electron chi connectivity index (χ3n) is 6.41. The summed E-state index contributed by atoms with van der Waals surface area (Å²) in [7, 11) is 0. The first-order valence-electron chi connectivity index (χ1n) is 12.5. The Balaban J connectivity index is 1.38. The predicted octanol–water partition coefficient (Wildman–Crippen LogP) is 5.43. The zero-order valence-electron chi connectivity index (χ0n) is 20.8. The van der Waals surface area contributed by atoms with Crippen LogP contribution >= 0.6 is 23.8 Å². The fourth-order valence-electron chi connectivity index (χ4n) is 4.54. The largest absolute Gasteiger partial charge is 0.367 e. The summed E-state index contributed by atoms with van der Waals surface area (Å²) in [6, 6.07) is 24.9. The number of hydrogen-bond acceptors (Lipinski definition) is 4. The quantitative estimate of drug-likeness (QED) is 0.395. The van der Waals surface area contributed by atoms with Crippen LogP contribution in [0.3, 0.4) is 0 Å². The fourth-order valence-corrected chi connectivity index (χ4v) is 5.06. The molecule has 4 rings (SSSR count). The third kappa shape index (κ3) is 6.87. The molecular weight excluding hydrogens is 504 g/mol. The SMILES string of the molecule is CCCC(=O)N1CCN(c2ccc(NC(=S)NC(=O)C(c3ccccc3)c3ccccc3)cc2Cl)CC1. The first-order valence-corrected chi connectivity index (χ1v) is 13.3. The number of thiocarbonyl (C=S) groups is 1. The third-order valence-corrected chi connectivity index (χ3v) is 6.91.